The fraction of sp³-hybridized carbons (Fsp3) is 0.667. The third kappa shape index (κ3) is 8.54. The molecule has 1 fully saturated rings. The van der Waals surface area contributed by atoms with Crippen molar-refractivity contribution in [1.29, 1.82) is 0 Å². The number of nitrogens with one attached hydrogen (secondary N) is 2. The largest absolute Gasteiger partial charge is 0.491 e. The summed E-state index contributed by atoms with van der Waals surface area (Å²) in [4.78, 5) is 27.9. The maximum Gasteiger partial charge on any atom is 0.294 e. The molecule has 9 heteroatoms. The van der Waals surface area contributed by atoms with Crippen LogP contribution in [0.3, 0.4) is 0 Å². The highest BCUT2D eigenvalue weighted by molar-refractivity contribution is 5.79. The Bertz CT molecular complexity index is 684. The van der Waals surface area contributed by atoms with Gasteiger partial charge in [-0.05, 0) is 18.9 Å². The zero-order chi connectivity index (χ0) is 21.9. The molecule has 0 spiro atoms. The number of aliphatic hydroxyl groups excluding tert-OH is 1. The third-order valence-electron chi connectivity index (χ3n) is 5.14. The Morgan fingerprint density at radius 1 is 1.30 bits per heavy atom. The minimum atomic E-state index is -0.747. The molecule has 1 saturated carbocycles. The van der Waals surface area contributed by atoms with Gasteiger partial charge in [0.1, 0.15) is 24.6 Å². The lowest BCUT2D eigenvalue weighted by Crippen LogP contribution is -2.39. The number of amides is 1. The number of para-hydroxylation sites is 1. The van der Waals surface area contributed by atoms with Crippen LogP contribution < -0.4 is 15.4 Å². The number of hydrogen-bond acceptors (Lipinski definition) is 7. The van der Waals surface area contributed by atoms with Gasteiger partial charge in [0.2, 0.25) is 5.91 Å². The van der Waals surface area contributed by atoms with Crippen LogP contribution in [0.15, 0.2) is 24.3 Å². The quantitative estimate of drug-likeness (QED) is 0.346. The van der Waals surface area contributed by atoms with E-state index in [2.05, 4.69) is 10.6 Å². The van der Waals surface area contributed by atoms with Crippen molar-refractivity contribution < 1.29 is 24.6 Å². The van der Waals surface area contributed by atoms with E-state index in [1.807, 2.05) is 32.0 Å². The van der Waals surface area contributed by atoms with E-state index in [4.69, 9.17) is 9.57 Å². The first-order chi connectivity index (χ1) is 14.3. The van der Waals surface area contributed by atoms with E-state index >= 15 is 0 Å². The summed E-state index contributed by atoms with van der Waals surface area (Å²) in [5.41, 5.74) is 0.723. The van der Waals surface area contributed by atoms with Gasteiger partial charge in [-0.25, -0.2) is 0 Å². The molecule has 3 atom stereocenters. The molecule has 1 aliphatic rings. The number of aliphatic hydroxyl groups is 1. The van der Waals surface area contributed by atoms with Crippen molar-refractivity contribution in [3.05, 3.63) is 39.9 Å². The molecule has 30 heavy (non-hydrogen) atoms. The number of hydrogen-bond donors (Lipinski definition) is 3. The maximum absolute atomic E-state index is 12.5. The van der Waals surface area contributed by atoms with Crippen molar-refractivity contribution in [2.75, 3.05) is 19.7 Å². The van der Waals surface area contributed by atoms with E-state index in [-0.39, 0.29) is 30.9 Å². The van der Waals surface area contributed by atoms with Crippen LogP contribution in [0, 0.1) is 16.0 Å². The Kier molecular flexibility index (Phi) is 9.82. The fourth-order valence-corrected chi connectivity index (χ4v) is 3.54. The predicted octanol–water partition coefficient (Wildman–Crippen LogP) is 1.85. The van der Waals surface area contributed by atoms with Gasteiger partial charge in [-0.1, -0.05) is 44.9 Å². The zero-order valence-electron chi connectivity index (χ0n) is 17.7. The first kappa shape index (κ1) is 23.9. The molecule has 0 radical (unpaired) electrons. The van der Waals surface area contributed by atoms with Crippen molar-refractivity contribution in [2.45, 2.75) is 64.2 Å². The minimum Gasteiger partial charge on any atom is -0.491 e. The van der Waals surface area contributed by atoms with Crippen LogP contribution in [0.1, 0.15) is 45.1 Å². The molecule has 1 aromatic carbocycles. The van der Waals surface area contributed by atoms with Gasteiger partial charge in [0.15, 0.2) is 0 Å². The van der Waals surface area contributed by atoms with Crippen LogP contribution in [0.2, 0.25) is 0 Å². The number of rotatable bonds is 12. The molecule has 0 aromatic heterocycles. The molecule has 1 aromatic rings. The predicted molar refractivity (Wildman–Crippen MR) is 112 cm³/mol. The molecule has 168 valence electrons. The molecular formula is C21H33N3O6. The molecule has 1 aliphatic carbocycles. The van der Waals surface area contributed by atoms with Gasteiger partial charge in [0.05, 0.1) is 6.42 Å². The second kappa shape index (κ2) is 12.3. The van der Waals surface area contributed by atoms with Gasteiger partial charge in [-0.15, -0.1) is 10.1 Å². The van der Waals surface area contributed by atoms with Crippen molar-refractivity contribution in [3.63, 3.8) is 0 Å². The van der Waals surface area contributed by atoms with Gasteiger partial charge in [0, 0.05) is 30.6 Å². The molecule has 0 bridgehead atoms. The number of ether oxygens (including phenoxy) is 1. The van der Waals surface area contributed by atoms with Crippen LogP contribution in [0.5, 0.6) is 5.75 Å². The van der Waals surface area contributed by atoms with Gasteiger partial charge in [0.25, 0.3) is 5.09 Å². The van der Waals surface area contributed by atoms with E-state index in [1.165, 1.54) is 0 Å². The van der Waals surface area contributed by atoms with E-state index < -0.39 is 17.3 Å². The summed E-state index contributed by atoms with van der Waals surface area (Å²) in [6, 6.07) is 7.50. The van der Waals surface area contributed by atoms with Crippen LogP contribution in [0.25, 0.3) is 0 Å². The summed E-state index contributed by atoms with van der Waals surface area (Å²) in [5.74, 6) is 0.310. The lowest BCUT2D eigenvalue weighted by Gasteiger charge is -2.29. The van der Waals surface area contributed by atoms with Crippen LogP contribution in [-0.2, 0) is 16.1 Å². The molecule has 0 heterocycles. The maximum atomic E-state index is 12.5. The van der Waals surface area contributed by atoms with E-state index in [1.54, 1.807) is 6.07 Å². The second-order valence-electron chi connectivity index (χ2n) is 8.03. The Hall–Kier alpha value is -2.39. The SMILES string of the molecule is CC(C)NCC(O)COc1ccccc1CC(=O)NCC1CCCCC1O[N+](=O)[O-]. The summed E-state index contributed by atoms with van der Waals surface area (Å²) in [6.07, 6.45) is 2.30. The van der Waals surface area contributed by atoms with Crippen LogP contribution >= 0.6 is 0 Å². The zero-order valence-corrected chi connectivity index (χ0v) is 17.7. The number of carbonyl (C=O) groups is 1. The lowest BCUT2D eigenvalue weighted by molar-refractivity contribution is -0.771. The average molecular weight is 424 g/mol. The smallest absolute Gasteiger partial charge is 0.294 e. The van der Waals surface area contributed by atoms with Crippen molar-refractivity contribution in [3.8, 4) is 5.75 Å². The molecule has 9 nitrogen and oxygen atoms in total. The van der Waals surface area contributed by atoms with E-state index in [0.29, 0.717) is 25.3 Å². The summed E-state index contributed by atoms with van der Waals surface area (Å²) in [6.45, 7) is 4.90. The van der Waals surface area contributed by atoms with Gasteiger partial charge >= 0.3 is 0 Å². The highest BCUT2D eigenvalue weighted by Crippen LogP contribution is 2.26. The molecular weight excluding hydrogens is 390 g/mol. The standard InChI is InChI=1S/C21H33N3O6/c1-15(2)22-13-18(25)14-29-19-9-5-3-7-16(19)11-21(26)23-12-17-8-4-6-10-20(17)30-24(27)28/h3,5,7,9,15,17-18,20,22,25H,4,6,8,10-14H2,1-2H3,(H,23,26). The summed E-state index contributed by atoms with van der Waals surface area (Å²) in [5, 5.41) is 26.0. The molecule has 0 aliphatic heterocycles. The fourth-order valence-electron chi connectivity index (χ4n) is 3.54. The highest BCUT2D eigenvalue weighted by Gasteiger charge is 2.28. The molecule has 3 N–H and O–H groups in total. The Morgan fingerprint density at radius 2 is 2.03 bits per heavy atom. The second-order valence-corrected chi connectivity index (χ2v) is 8.03. The summed E-state index contributed by atoms with van der Waals surface area (Å²) < 4.78 is 5.72. The Labute approximate surface area is 177 Å². The van der Waals surface area contributed by atoms with Crippen molar-refractivity contribution in [2.24, 2.45) is 5.92 Å². The monoisotopic (exact) mass is 423 g/mol. The highest BCUT2D eigenvalue weighted by atomic mass is 17.0. The normalized spacial score (nSPS) is 19.9. The average Bonchev–Trinajstić information content (AvgIpc) is 2.70. The van der Waals surface area contributed by atoms with Crippen molar-refractivity contribution in [1.82, 2.24) is 10.6 Å². The number of nitrogens with zero attached hydrogens (tertiary/aromatic N) is 1. The molecule has 1 amide bonds. The molecule has 0 saturated heterocycles. The van der Waals surface area contributed by atoms with E-state index in [0.717, 1.165) is 24.8 Å². The Balaban J connectivity index is 1.84. The Morgan fingerprint density at radius 3 is 2.77 bits per heavy atom. The van der Waals surface area contributed by atoms with Gasteiger partial charge in [-0.2, -0.15) is 0 Å². The molecule has 2 rings (SSSR count). The van der Waals surface area contributed by atoms with Gasteiger partial charge in [-0.3, -0.25) is 4.79 Å². The van der Waals surface area contributed by atoms with Gasteiger partial charge < -0.3 is 25.3 Å². The molecule has 3 unspecified atom stereocenters. The summed E-state index contributed by atoms with van der Waals surface area (Å²) >= 11 is 0. The van der Waals surface area contributed by atoms with Crippen LogP contribution in [0.4, 0.5) is 0 Å². The topological polar surface area (TPSA) is 123 Å². The third-order valence-corrected chi connectivity index (χ3v) is 5.14. The van der Waals surface area contributed by atoms with Crippen LogP contribution in [-0.4, -0.2) is 54.0 Å². The summed E-state index contributed by atoms with van der Waals surface area (Å²) in [7, 11) is 0. The van der Waals surface area contributed by atoms with Crippen molar-refractivity contribution >= 4 is 5.91 Å². The van der Waals surface area contributed by atoms with E-state index in [9.17, 15) is 20.0 Å². The lowest BCUT2D eigenvalue weighted by atomic mass is 9.86. The number of benzene rings is 1. The first-order valence-electron chi connectivity index (χ1n) is 10.5. The first-order valence-corrected chi connectivity index (χ1v) is 10.5. The number of carbonyl (C=O) groups excluding carboxylic acids is 1. The minimum absolute atomic E-state index is 0.0665.